The van der Waals surface area contributed by atoms with Crippen LogP contribution in [-0.2, 0) is 6.42 Å². The molecule has 106 valence electrons. The van der Waals surface area contributed by atoms with Gasteiger partial charge in [0, 0.05) is 16.6 Å². The first-order valence-corrected chi connectivity index (χ1v) is 7.98. The van der Waals surface area contributed by atoms with Crippen LogP contribution in [-0.4, -0.2) is 11.6 Å². The van der Waals surface area contributed by atoms with Gasteiger partial charge in [-0.2, -0.15) is 0 Å². The van der Waals surface area contributed by atoms with Gasteiger partial charge in [-0.25, -0.2) is 4.98 Å². The fourth-order valence-electron chi connectivity index (χ4n) is 1.88. The molecule has 1 aromatic heterocycles. The van der Waals surface area contributed by atoms with Gasteiger partial charge < -0.3 is 4.74 Å². The van der Waals surface area contributed by atoms with Crippen molar-refractivity contribution >= 4 is 11.3 Å². The zero-order valence-electron chi connectivity index (χ0n) is 12.1. The zero-order chi connectivity index (χ0) is 14.2. The highest BCUT2D eigenvalue weighted by Crippen LogP contribution is 2.27. The summed E-state index contributed by atoms with van der Waals surface area (Å²) < 4.78 is 5.64. The number of hydrogen-bond donors (Lipinski definition) is 0. The Bertz CT molecular complexity index is 542. The van der Waals surface area contributed by atoms with Crippen molar-refractivity contribution in [3.8, 4) is 16.3 Å². The molecule has 2 rings (SSSR count). The Hall–Kier alpha value is -1.61. The first kappa shape index (κ1) is 14.8. The largest absolute Gasteiger partial charge is 0.490 e. The average molecular weight is 287 g/mol. The smallest absolute Gasteiger partial charge is 0.123 e. The molecule has 0 aliphatic carbocycles. The second kappa shape index (κ2) is 7.85. The van der Waals surface area contributed by atoms with E-state index >= 15 is 0 Å². The Kier molecular flexibility index (Phi) is 5.81. The van der Waals surface area contributed by atoms with Crippen molar-refractivity contribution < 1.29 is 4.74 Å². The lowest BCUT2D eigenvalue weighted by Gasteiger charge is -2.03. The minimum absolute atomic E-state index is 0.630. The lowest BCUT2D eigenvalue weighted by atomic mass is 10.2. The van der Waals surface area contributed by atoms with Gasteiger partial charge in [0.05, 0.1) is 0 Å². The maximum Gasteiger partial charge on any atom is 0.123 e. The van der Waals surface area contributed by atoms with Crippen LogP contribution in [0.2, 0.25) is 0 Å². The van der Waals surface area contributed by atoms with Gasteiger partial charge in [0.25, 0.3) is 0 Å². The second-order valence-electron chi connectivity index (χ2n) is 4.60. The molecule has 0 saturated heterocycles. The van der Waals surface area contributed by atoms with Crippen molar-refractivity contribution in [1.82, 2.24) is 4.98 Å². The molecule has 20 heavy (non-hydrogen) atoms. The van der Waals surface area contributed by atoms with Crippen LogP contribution in [0.5, 0.6) is 5.75 Å². The zero-order valence-corrected chi connectivity index (χ0v) is 13.0. The van der Waals surface area contributed by atoms with Crippen molar-refractivity contribution in [1.29, 1.82) is 0 Å². The quantitative estimate of drug-likeness (QED) is 0.660. The van der Waals surface area contributed by atoms with Crippen LogP contribution >= 0.6 is 11.3 Å². The molecule has 0 fully saturated rings. The molecule has 0 aliphatic heterocycles. The number of thiazole rings is 1. The molecular weight excluding hydrogens is 266 g/mol. The molecule has 0 unspecified atom stereocenters. The van der Waals surface area contributed by atoms with Crippen LogP contribution < -0.4 is 4.74 Å². The van der Waals surface area contributed by atoms with E-state index in [1.165, 1.54) is 11.3 Å². The molecule has 0 spiro atoms. The van der Waals surface area contributed by atoms with E-state index in [0.29, 0.717) is 6.61 Å². The average Bonchev–Trinajstić information content (AvgIpc) is 2.93. The fraction of sp³-hybridized carbons (Fsp3) is 0.353. The molecule has 0 atom stereocenters. The van der Waals surface area contributed by atoms with Crippen LogP contribution in [0.25, 0.3) is 10.6 Å². The lowest BCUT2D eigenvalue weighted by molar-refractivity contribution is 0.362. The molecule has 3 heteroatoms. The van der Waals surface area contributed by atoms with E-state index in [4.69, 9.17) is 4.74 Å². The molecule has 0 N–H and O–H groups in total. The SMILES string of the molecule is CCC=CCOc1ccc(-c2ncc(CCC)s2)cc1. The van der Waals surface area contributed by atoms with E-state index in [-0.39, 0.29) is 0 Å². The molecule has 0 bridgehead atoms. The third-order valence-electron chi connectivity index (χ3n) is 2.90. The summed E-state index contributed by atoms with van der Waals surface area (Å²) in [5.41, 5.74) is 1.16. The monoisotopic (exact) mass is 287 g/mol. The predicted octanol–water partition coefficient (Wildman–Crippen LogP) is 5.11. The normalized spacial score (nSPS) is 11.1. The third kappa shape index (κ3) is 4.20. The van der Waals surface area contributed by atoms with Gasteiger partial charge in [-0.1, -0.05) is 32.4 Å². The molecule has 0 aliphatic rings. The van der Waals surface area contributed by atoms with Crippen LogP contribution in [0.15, 0.2) is 42.6 Å². The topological polar surface area (TPSA) is 22.1 Å². The number of rotatable bonds is 7. The Morgan fingerprint density at radius 3 is 2.65 bits per heavy atom. The molecule has 2 aromatic rings. The van der Waals surface area contributed by atoms with Crippen molar-refractivity contribution in [3.05, 3.63) is 47.5 Å². The number of benzene rings is 1. The van der Waals surface area contributed by atoms with Gasteiger partial charge in [-0.15, -0.1) is 11.3 Å². The van der Waals surface area contributed by atoms with E-state index in [2.05, 4.69) is 37.0 Å². The molecule has 2 nitrogen and oxygen atoms in total. The maximum atomic E-state index is 5.64. The van der Waals surface area contributed by atoms with E-state index in [0.717, 1.165) is 29.2 Å². The number of allylic oxidation sites excluding steroid dienone is 1. The highest BCUT2D eigenvalue weighted by Gasteiger charge is 2.04. The van der Waals surface area contributed by atoms with E-state index in [9.17, 15) is 0 Å². The lowest BCUT2D eigenvalue weighted by Crippen LogP contribution is -1.92. The van der Waals surface area contributed by atoms with Gasteiger partial charge in [0.15, 0.2) is 0 Å². The van der Waals surface area contributed by atoms with Gasteiger partial charge in [-0.3, -0.25) is 0 Å². The summed E-state index contributed by atoms with van der Waals surface area (Å²) >= 11 is 1.78. The summed E-state index contributed by atoms with van der Waals surface area (Å²) in [6.07, 6.45) is 9.48. The van der Waals surface area contributed by atoms with Crippen LogP contribution in [0.4, 0.5) is 0 Å². The Balaban J connectivity index is 1.98. The first-order chi connectivity index (χ1) is 9.83. The number of nitrogens with zero attached hydrogens (tertiary/aromatic N) is 1. The fourth-order valence-corrected chi connectivity index (χ4v) is 2.90. The minimum atomic E-state index is 0.630. The number of hydrogen-bond acceptors (Lipinski definition) is 3. The molecule has 0 saturated carbocycles. The summed E-state index contributed by atoms with van der Waals surface area (Å²) in [5, 5.41) is 1.09. The van der Waals surface area contributed by atoms with Gasteiger partial charge in [-0.05, 0) is 37.1 Å². The Morgan fingerprint density at radius 1 is 1.15 bits per heavy atom. The van der Waals surface area contributed by atoms with Crippen LogP contribution in [0, 0.1) is 0 Å². The van der Waals surface area contributed by atoms with E-state index < -0.39 is 0 Å². The number of ether oxygens (including phenoxy) is 1. The highest BCUT2D eigenvalue weighted by molar-refractivity contribution is 7.15. The van der Waals surface area contributed by atoms with E-state index in [1.54, 1.807) is 11.3 Å². The molecule has 0 amide bonds. The number of aromatic nitrogens is 1. The second-order valence-corrected chi connectivity index (χ2v) is 5.71. The van der Waals surface area contributed by atoms with Crippen molar-refractivity contribution in [2.45, 2.75) is 33.1 Å². The van der Waals surface area contributed by atoms with Crippen molar-refractivity contribution in [3.63, 3.8) is 0 Å². The highest BCUT2D eigenvalue weighted by atomic mass is 32.1. The Labute approximate surface area is 125 Å². The summed E-state index contributed by atoms with van der Waals surface area (Å²) in [4.78, 5) is 5.84. The van der Waals surface area contributed by atoms with Gasteiger partial charge in [0.2, 0.25) is 0 Å². The van der Waals surface area contributed by atoms with Crippen molar-refractivity contribution in [2.75, 3.05) is 6.61 Å². The maximum absolute atomic E-state index is 5.64. The minimum Gasteiger partial charge on any atom is -0.490 e. The summed E-state index contributed by atoms with van der Waals surface area (Å²) in [6, 6.07) is 8.17. The van der Waals surface area contributed by atoms with Gasteiger partial charge >= 0.3 is 0 Å². The third-order valence-corrected chi connectivity index (χ3v) is 4.01. The van der Waals surface area contributed by atoms with Crippen LogP contribution in [0.1, 0.15) is 31.6 Å². The number of aryl methyl sites for hydroxylation is 1. The molecule has 1 aromatic carbocycles. The molecule has 1 heterocycles. The standard InChI is InChI=1S/C17H21NOS/c1-3-5-6-12-19-15-10-8-14(9-11-15)17-18-13-16(20-17)7-4-2/h5-6,8-11,13H,3-4,7,12H2,1-2H3. The summed E-state index contributed by atoms with van der Waals surface area (Å²) in [7, 11) is 0. The molecular formula is C17H21NOS. The van der Waals surface area contributed by atoms with Crippen molar-refractivity contribution in [2.24, 2.45) is 0 Å². The van der Waals surface area contributed by atoms with Crippen LogP contribution in [0.3, 0.4) is 0 Å². The Morgan fingerprint density at radius 2 is 1.95 bits per heavy atom. The predicted molar refractivity (Wildman–Crippen MR) is 86.5 cm³/mol. The van der Waals surface area contributed by atoms with Gasteiger partial charge in [0.1, 0.15) is 17.4 Å². The summed E-state index contributed by atoms with van der Waals surface area (Å²) in [6.45, 7) is 4.94. The van der Waals surface area contributed by atoms with E-state index in [1.807, 2.05) is 24.4 Å². The summed E-state index contributed by atoms with van der Waals surface area (Å²) in [5.74, 6) is 0.903. The first-order valence-electron chi connectivity index (χ1n) is 7.16. The molecule has 0 radical (unpaired) electrons.